The van der Waals surface area contributed by atoms with E-state index in [0.717, 1.165) is 42.2 Å². The zero-order valence-electron chi connectivity index (χ0n) is 26.6. The smallest absolute Gasteiger partial charge is 0.264 e. The Bertz CT molecular complexity index is 1220. The molecule has 3 aromatic rings. The van der Waals surface area contributed by atoms with Gasteiger partial charge in [-0.2, -0.15) is 8.42 Å². The first-order chi connectivity index (χ1) is 21.4. The molecule has 6 nitrogen and oxygen atoms in total. The molecule has 0 amide bonds. The third kappa shape index (κ3) is 15.4. The van der Waals surface area contributed by atoms with Crippen molar-refractivity contribution < 1.29 is 26.8 Å². The molecule has 0 heterocycles. The minimum absolute atomic E-state index is 0.0460. The van der Waals surface area contributed by atoms with E-state index in [9.17, 15) is 8.42 Å². The highest BCUT2D eigenvalue weighted by molar-refractivity contribution is 7.86. The predicted molar refractivity (Wildman–Crippen MR) is 178 cm³/mol. The number of rotatable bonds is 24. The predicted octanol–water partition coefficient (Wildman–Crippen LogP) is 8.64. The fourth-order valence-corrected chi connectivity index (χ4v) is 5.88. The number of ether oxygens (including phenoxy) is 3. The van der Waals surface area contributed by atoms with Crippen molar-refractivity contribution in [1.82, 2.24) is 0 Å². The van der Waals surface area contributed by atoms with Crippen molar-refractivity contribution in [3.8, 4) is 0 Å². The maximum Gasteiger partial charge on any atom is 0.264 e. The molecule has 3 aromatic carbocycles. The summed E-state index contributed by atoms with van der Waals surface area (Å²) in [7, 11) is -3.80. The maximum atomic E-state index is 12.5. The normalized spacial score (nSPS) is 13.9. The summed E-state index contributed by atoms with van der Waals surface area (Å²) < 4.78 is 49.8. The van der Waals surface area contributed by atoms with E-state index >= 15 is 0 Å². The lowest BCUT2D eigenvalue weighted by Crippen LogP contribution is -2.46. The van der Waals surface area contributed by atoms with Crippen molar-refractivity contribution in [1.29, 1.82) is 0 Å². The summed E-state index contributed by atoms with van der Waals surface area (Å²) in [6.45, 7) is 3.32. The molecule has 242 valence electrons. The number of hydrogen-bond donors (Lipinski definition) is 0. The third-order valence-corrected chi connectivity index (χ3v) is 8.21. The van der Waals surface area contributed by atoms with Crippen molar-refractivity contribution >= 4 is 10.1 Å². The molecule has 0 aliphatic heterocycles. The Morgan fingerprint density at radius 1 is 0.568 bits per heavy atom. The van der Waals surface area contributed by atoms with Crippen LogP contribution >= 0.6 is 0 Å². The Balaban J connectivity index is 1.76. The number of benzene rings is 3. The van der Waals surface area contributed by atoms with Crippen LogP contribution in [-0.2, 0) is 48.3 Å². The highest BCUT2D eigenvalue weighted by atomic mass is 32.2. The lowest BCUT2D eigenvalue weighted by molar-refractivity contribution is -0.141. The SMILES string of the molecule is CCCCCCCCCCC[C@@H](OCc1ccccc1)[C@@H](OCc1ccccc1)[C@@H](COCc1ccccc1)OS(C)(=O)=O. The van der Waals surface area contributed by atoms with Gasteiger partial charge < -0.3 is 14.2 Å². The van der Waals surface area contributed by atoms with Gasteiger partial charge >= 0.3 is 0 Å². The van der Waals surface area contributed by atoms with Crippen molar-refractivity contribution in [2.75, 3.05) is 12.9 Å². The molecule has 0 spiro atoms. The van der Waals surface area contributed by atoms with Crippen LogP contribution in [0.5, 0.6) is 0 Å². The molecular weight excluding hydrogens is 572 g/mol. The summed E-state index contributed by atoms with van der Waals surface area (Å²) >= 11 is 0. The second kappa shape index (κ2) is 21.2. The van der Waals surface area contributed by atoms with Crippen molar-refractivity contribution in [3.63, 3.8) is 0 Å². The van der Waals surface area contributed by atoms with E-state index in [1.165, 1.54) is 44.9 Å². The molecule has 0 saturated carbocycles. The van der Waals surface area contributed by atoms with E-state index in [2.05, 4.69) is 6.92 Å². The average Bonchev–Trinajstić information content (AvgIpc) is 3.03. The highest BCUT2D eigenvalue weighted by Gasteiger charge is 2.35. The van der Waals surface area contributed by atoms with Crippen LogP contribution in [0.25, 0.3) is 0 Å². The van der Waals surface area contributed by atoms with Crippen LogP contribution in [0.1, 0.15) is 87.8 Å². The average molecular weight is 625 g/mol. The van der Waals surface area contributed by atoms with Gasteiger partial charge in [-0.25, -0.2) is 0 Å². The largest absolute Gasteiger partial charge is 0.374 e. The fraction of sp³-hybridized carbons (Fsp3) is 0.514. The van der Waals surface area contributed by atoms with Gasteiger partial charge in [0.1, 0.15) is 12.2 Å². The summed E-state index contributed by atoms with van der Waals surface area (Å²) in [4.78, 5) is 0. The second-order valence-electron chi connectivity index (χ2n) is 11.6. The van der Waals surface area contributed by atoms with Crippen molar-refractivity contribution in [2.45, 2.75) is 109 Å². The van der Waals surface area contributed by atoms with Crippen LogP contribution in [0.2, 0.25) is 0 Å². The van der Waals surface area contributed by atoms with Crippen LogP contribution in [0.4, 0.5) is 0 Å². The van der Waals surface area contributed by atoms with Gasteiger partial charge in [0.2, 0.25) is 0 Å². The molecule has 0 saturated heterocycles. The van der Waals surface area contributed by atoms with E-state index in [1.807, 2.05) is 91.0 Å². The van der Waals surface area contributed by atoms with Gasteiger partial charge in [-0.1, -0.05) is 156 Å². The molecule has 0 aromatic heterocycles. The van der Waals surface area contributed by atoms with Gasteiger partial charge in [0, 0.05) is 0 Å². The van der Waals surface area contributed by atoms with Crippen LogP contribution in [0.15, 0.2) is 91.0 Å². The first-order valence-electron chi connectivity index (χ1n) is 16.3. The van der Waals surface area contributed by atoms with E-state index in [0.29, 0.717) is 19.8 Å². The fourth-order valence-electron chi connectivity index (χ4n) is 5.27. The van der Waals surface area contributed by atoms with E-state index in [4.69, 9.17) is 18.4 Å². The molecule has 0 bridgehead atoms. The van der Waals surface area contributed by atoms with E-state index in [1.54, 1.807) is 0 Å². The molecule has 44 heavy (non-hydrogen) atoms. The monoisotopic (exact) mass is 624 g/mol. The Labute approximate surface area is 266 Å². The molecule has 0 radical (unpaired) electrons. The quantitative estimate of drug-likeness (QED) is 0.0734. The zero-order valence-corrected chi connectivity index (χ0v) is 27.5. The minimum atomic E-state index is -3.80. The highest BCUT2D eigenvalue weighted by Crippen LogP contribution is 2.24. The molecule has 0 fully saturated rings. The van der Waals surface area contributed by atoms with Crippen molar-refractivity contribution in [3.05, 3.63) is 108 Å². The van der Waals surface area contributed by atoms with Gasteiger partial charge in [0.25, 0.3) is 10.1 Å². The summed E-state index contributed by atoms with van der Waals surface area (Å²) in [5.41, 5.74) is 3.04. The number of hydrogen-bond acceptors (Lipinski definition) is 6. The van der Waals surface area contributed by atoms with Crippen LogP contribution in [0, 0.1) is 0 Å². The molecule has 0 aliphatic rings. The van der Waals surface area contributed by atoms with Crippen LogP contribution in [-0.4, -0.2) is 39.6 Å². The van der Waals surface area contributed by atoms with Gasteiger partial charge in [-0.05, 0) is 23.1 Å². The van der Waals surface area contributed by atoms with E-state index in [-0.39, 0.29) is 6.61 Å². The van der Waals surface area contributed by atoms with Gasteiger partial charge in [0.15, 0.2) is 0 Å². The van der Waals surface area contributed by atoms with Gasteiger partial charge in [0.05, 0.1) is 38.8 Å². The maximum absolute atomic E-state index is 12.5. The minimum Gasteiger partial charge on any atom is -0.374 e. The van der Waals surface area contributed by atoms with Crippen LogP contribution in [0.3, 0.4) is 0 Å². The molecule has 0 unspecified atom stereocenters. The Morgan fingerprint density at radius 2 is 1.02 bits per heavy atom. The zero-order chi connectivity index (χ0) is 31.3. The Hall–Kier alpha value is -2.55. The Morgan fingerprint density at radius 3 is 1.52 bits per heavy atom. The van der Waals surface area contributed by atoms with E-state index < -0.39 is 28.4 Å². The number of unbranched alkanes of at least 4 members (excludes halogenated alkanes) is 8. The molecular formula is C37H52O6S. The van der Waals surface area contributed by atoms with Crippen molar-refractivity contribution in [2.24, 2.45) is 0 Å². The lowest BCUT2D eigenvalue weighted by atomic mass is 10.00. The Kier molecular flexibility index (Phi) is 17.3. The summed E-state index contributed by atoms with van der Waals surface area (Å²) in [5.74, 6) is 0. The lowest BCUT2D eigenvalue weighted by Gasteiger charge is -2.33. The summed E-state index contributed by atoms with van der Waals surface area (Å²) in [5, 5.41) is 0. The summed E-state index contributed by atoms with van der Waals surface area (Å²) in [6, 6.07) is 29.7. The molecule has 3 rings (SSSR count). The van der Waals surface area contributed by atoms with Crippen LogP contribution < -0.4 is 0 Å². The molecule has 0 N–H and O–H groups in total. The van der Waals surface area contributed by atoms with Gasteiger partial charge in [-0.15, -0.1) is 0 Å². The third-order valence-electron chi connectivity index (χ3n) is 7.61. The molecule has 0 aliphatic carbocycles. The standard InChI is InChI=1S/C37H52O6S/c1-3-4-5-6-7-8-9-10-20-27-35(41-29-33-23-16-12-17-24-33)37(42-30-34-25-18-13-19-26-34)36(43-44(2,38)39)31-40-28-32-21-14-11-15-22-32/h11-19,21-26,35-37H,3-10,20,27-31H2,1-2H3/t35-,36-,37-/m1/s1. The second-order valence-corrected chi connectivity index (χ2v) is 13.2. The molecule has 3 atom stereocenters. The first-order valence-corrected chi connectivity index (χ1v) is 18.1. The topological polar surface area (TPSA) is 71.1 Å². The molecule has 7 heteroatoms. The first kappa shape index (κ1) is 35.9. The van der Waals surface area contributed by atoms with Gasteiger partial charge in [-0.3, -0.25) is 4.18 Å². The summed E-state index contributed by atoms with van der Waals surface area (Å²) in [6.07, 6.45) is 10.8.